The van der Waals surface area contributed by atoms with Crippen LogP contribution >= 0.6 is 0 Å². The number of nitrogens with one attached hydrogen (secondary N) is 1. The Labute approximate surface area is 98.6 Å². The number of carboxylic acids is 1. The van der Waals surface area contributed by atoms with Crippen LogP contribution in [0.5, 0.6) is 0 Å². The summed E-state index contributed by atoms with van der Waals surface area (Å²) in [7, 11) is 0. The number of hydrogen-bond donors (Lipinski definition) is 2. The number of aliphatic carboxylic acids is 1. The number of carboxylic acid groups (broad SMARTS) is 1. The molecule has 16 heavy (non-hydrogen) atoms. The highest BCUT2D eigenvalue weighted by Crippen LogP contribution is 2.44. The van der Waals surface area contributed by atoms with Crippen molar-refractivity contribution in [1.82, 2.24) is 5.32 Å². The van der Waals surface area contributed by atoms with E-state index < -0.39 is 5.97 Å². The monoisotopic (exact) mass is 227 g/mol. The molecule has 0 bridgehead atoms. The molecule has 2 N–H and O–H groups in total. The van der Waals surface area contributed by atoms with E-state index in [9.17, 15) is 9.90 Å². The minimum atomic E-state index is -0.634. The van der Waals surface area contributed by atoms with Crippen molar-refractivity contribution in [3.05, 3.63) is 0 Å². The lowest BCUT2D eigenvalue weighted by atomic mass is 9.61. The van der Waals surface area contributed by atoms with E-state index in [1.54, 1.807) is 0 Å². The summed E-state index contributed by atoms with van der Waals surface area (Å²) in [4.78, 5) is 11.2. The Morgan fingerprint density at radius 2 is 2.06 bits per heavy atom. The average Bonchev–Trinajstić information content (AvgIpc) is 2.19. The highest BCUT2D eigenvalue weighted by Gasteiger charge is 2.45. The average molecular weight is 227 g/mol. The van der Waals surface area contributed by atoms with Crippen LogP contribution < -0.4 is 5.32 Å². The van der Waals surface area contributed by atoms with Crippen LogP contribution in [0.2, 0.25) is 0 Å². The SMILES string of the molecule is CCCNC1CCC(C(=O)O)C(C)(C)C1C. The van der Waals surface area contributed by atoms with Gasteiger partial charge in [-0.1, -0.05) is 27.7 Å². The fourth-order valence-electron chi connectivity index (χ4n) is 2.85. The largest absolute Gasteiger partial charge is 0.481 e. The maximum atomic E-state index is 11.2. The van der Waals surface area contributed by atoms with Gasteiger partial charge in [-0.3, -0.25) is 4.79 Å². The highest BCUT2D eigenvalue weighted by atomic mass is 16.4. The fourth-order valence-corrected chi connectivity index (χ4v) is 2.85. The zero-order valence-corrected chi connectivity index (χ0v) is 10.9. The van der Waals surface area contributed by atoms with Crippen molar-refractivity contribution in [2.24, 2.45) is 17.3 Å². The first kappa shape index (κ1) is 13.5. The summed E-state index contributed by atoms with van der Waals surface area (Å²) in [5.41, 5.74) is -0.116. The normalized spacial score (nSPS) is 33.6. The second-order valence-electron chi connectivity index (χ2n) is 5.64. The van der Waals surface area contributed by atoms with Crippen molar-refractivity contribution in [3.63, 3.8) is 0 Å². The van der Waals surface area contributed by atoms with E-state index in [4.69, 9.17) is 0 Å². The molecule has 3 heteroatoms. The summed E-state index contributed by atoms with van der Waals surface area (Å²) in [6.45, 7) is 9.56. The first-order valence-electron chi connectivity index (χ1n) is 6.37. The van der Waals surface area contributed by atoms with Crippen molar-refractivity contribution in [3.8, 4) is 0 Å². The minimum Gasteiger partial charge on any atom is -0.481 e. The molecule has 0 heterocycles. The molecule has 1 fully saturated rings. The van der Waals surface area contributed by atoms with Gasteiger partial charge in [-0.05, 0) is 37.1 Å². The fraction of sp³-hybridized carbons (Fsp3) is 0.923. The Morgan fingerprint density at radius 3 is 2.56 bits per heavy atom. The van der Waals surface area contributed by atoms with Crippen LogP contribution in [0.3, 0.4) is 0 Å². The van der Waals surface area contributed by atoms with E-state index >= 15 is 0 Å². The summed E-state index contributed by atoms with van der Waals surface area (Å²) >= 11 is 0. The molecule has 0 aromatic rings. The molecule has 0 aliphatic heterocycles. The quantitative estimate of drug-likeness (QED) is 0.776. The second-order valence-corrected chi connectivity index (χ2v) is 5.64. The smallest absolute Gasteiger partial charge is 0.307 e. The van der Waals surface area contributed by atoms with Crippen LogP contribution in [0.15, 0.2) is 0 Å². The topological polar surface area (TPSA) is 49.3 Å². The Bertz CT molecular complexity index is 250. The zero-order chi connectivity index (χ0) is 12.3. The van der Waals surface area contributed by atoms with E-state index in [2.05, 4.69) is 33.0 Å². The first-order valence-corrected chi connectivity index (χ1v) is 6.37. The summed E-state index contributed by atoms with van der Waals surface area (Å²) in [6, 6.07) is 0.477. The van der Waals surface area contributed by atoms with E-state index in [0.29, 0.717) is 12.0 Å². The van der Waals surface area contributed by atoms with Crippen LogP contribution in [0.1, 0.15) is 47.0 Å². The third kappa shape index (κ3) is 2.57. The van der Waals surface area contributed by atoms with Gasteiger partial charge >= 0.3 is 5.97 Å². The molecule has 1 aliphatic rings. The van der Waals surface area contributed by atoms with Crippen molar-refractivity contribution >= 4 is 5.97 Å². The molecule has 0 amide bonds. The van der Waals surface area contributed by atoms with Gasteiger partial charge in [-0.25, -0.2) is 0 Å². The molecule has 0 aromatic heterocycles. The van der Waals surface area contributed by atoms with Gasteiger partial charge in [0.15, 0.2) is 0 Å². The number of hydrogen-bond acceptors (Lipinski definition) is 2. The maximum Gasteiger partial charge on any atom is 0.307 e. The standard InChI is InChI=1S/C13H25NO2/c1-5-8-14-11-7-6-10(12(15)16)13(3,4)9(11)2/h9-11,14H,5-8H2,1-4H3,(H,15,16). The van der Waals surface area contributed by atoms with Gasteiger partial charge < -0.3 is 10.4 Å². The minimum absolute atomic E-state index is 0.116. The third-order valence-corrected chi connectivity index (χ3v) is 4.40. The maximum absolute atomic E-state index is 11.2. The summed E-state index contributed by atoms with van der Waals surface area (Å²) in [5.74, 6) is -0.415. The van der Waals surface area contributed by atoms with Gasteiger partial charge in [0.2, 0.25) is 0 Å². The van der Waals surface area contributed by atoms with Gasteiger partial charge in [-0.2, -0.15) is 0 Å². The summed E-state index contributed by atoms with van der Waals surface area (Å²) in [5, 5.41) is 12.8. The van der Waals surface area contributed by atoms with E-state index in [1.807, 2.05) is 0 Å². The third-order valence-electron chi connectivity index (χ3n) is 4.40. The van der Waals surface area contributed by atoms with Crippen LogP contribution in [-0.4, -0.2) is 23.7 Å². The van der Waals surface area contributed by atoms with Crippen LogP contribution in [0, 0.1) is 17.3 Å². The highest BCUT2D eigenvalue weighted by molar-refractivity contribution is 5.71. The molecule has 0 saturated heterocycles. The number of rotatable bonds is 4. The van der Waals surface area contributed by atoms with Crippen molar-refractivity contribution < 1.29 is 9.90 Å². The Kier molecular flexibility index (Phi) is 4.36. The lowest BCUT2D eigenvalue weighted by Crippen LogP contribution is -2.51. The lowest BCUT2D eigenvalue weighted by Gasteiger charge is -2.46. The van der Waals surface area contributed by atoms with E-state index in [0.717, 1.165) is 25.8 Å². The van der Waals surface area contributed by atoms with Gasteiger partial charge in [0.25, 0.3) is 0 Å². The molecule has 94 valence electrons. The summed E-state index contributed by atoms with van der Waals surface area (Å²) in [6.07, 6.45) is 2.92. The van der Waals surface area contributed by atoms with Gasteiger partial charge in [0.1, 0.15) is 0 Å². The molecule has 1 saturated carbocycles. The van der Waals surface area contributed by atoms with E-state index in [-0.39, 0.29) is 11.3 Å². The Hall–Kier alpha value is -0.570. The van der Waals surface area contributed by atoms with Crippen LogP contribution in [0.4, 0.5) is 0 Å². The van der Waals surface area contributed by atoms with Gasteiger partial charge in [-0.15, -0.1) is 0 Å². The second kappa shape index (κ2) is 5.17. The molecule has 0 aromatic carbocycles. The number of carbonyl (C=O) groups is 1. The molecular weight excluding hydrogens is 202 g/mol. The predicted octanol–water partition coefficient (Wildman–Crippen LogP) is 2.51. The first-order chi connectivity index (χ1) is 7.41. The molecule has 0 radical (unpaired) electrons. The molecule has 3 nitrogen and oxygen atoms in total. The molecular formula is C13H25NO2. The lowest BCUT2D eigenvalue weighted by molar-refractivity contribution is -0.150. The molecule has 1 aliphatic carbocycles. The van der Waals surface area contributed by atoms with Gasteiger partial charge in [0, 0.05) is 6.04 Å². The molecule has 0 spiro atoms. The predicted molar refractivity (Wildman–Crippen MR) is 65.4 cm³/mol. The van der Waals surface area contributed by atoms with Crippen LogP contribution in [-0.2, 0) is 4.79 Å². The summed E-state index contributed by atoms with van der Waals surface area (Å²) < 4.78 is 0. The molecule has 3 atom stereocenters. The van der Waals surface area contributed by atoms with Crippen molar-refractivity contribution in [1.29, 1.82) is 0 Å². The Morgan fingerprint density at radius 1 is 1.44 bits per heavy atom. The Balaban J connectivity index is 2.70. The van der Waals surface area contributed by atoms with Gasteiger partial charge in [0.05, 0.1) is 5.92 Å². The van der Waals surface area contributed by atoms with Crippen molar-refractivity contribution in [2.45, 2.75) is 53.0 Å². The molecule has 3 unspecified atom stereocenters. The van der Waals surface area contributed by atoms with E-state index in [1.165, 1.54) is 0 Å². The van der Waals surface area contributed by atoms with Crippen LogP contribution in [0.25, 0.3) is 0 Å². The van der Waals surface area contributed by atoms with Crippen molar-refractivity contribution in [2.75, 3.05) is 6.54 Å². The molecule has 1 rings (SSSR count). The zero-order valence-electron chi connectivity index (χ0n) is 10.9.